The van der Waals surface area contributed by atoms with Gasteiger partial charge >= 0.3 is 0 Å². The smallest absolute Gasteiger partial charge is 0.191 e. The van der Waals surface area contributed by atoms with E-state index in [0.717, 1.165) is 37.6 Å². The number of guanidine groups is 1. The molecule has 3 aromatic rings. The van der Waals surface area contributed by atoms with Gasteiger partial charge in [-0.2, -0.15) is 5.10 Å². The minimum absolute atomic E-state index is 0. The van der Waals surface area contributed by atoms with Crippen LogP contribution in [-0.4, -0.2) is 53.4 Å². The van der Waals surface area contributed by atoms with Crippen LogP contribution in [0.15, 0.2) is 66.0 Å². The molecule has 1 unspecified atom stereocenters. The largest absolute Gasteiger partial charge is 0.356 e. The van der Waals surface area contributed by atoms with Gasteiger partial charge in [0.05, 0.1) is 5.69 Å². The first kappa shape index (κ1) is 23.0. The van der Waals surface area contributed by atoms with Crippen molar-refractivity contribution in [2.45, 2.75) is 18.9 Å². The van der Waals surface area contributed by atoms with Crippen LogP contribution in [0, 0.1) is 5.82 Å². The molecule has 31 heavy (non-hydrogen) atoms. The van der Waals surface area contributed by atoms with Crippen molar-refractivity contribution in [3.63, 3.8) is 0 Å². The molecule has 0 amide bonds. The molecule has 0 aliphatic carbocycles. The highest BCUT2D eigenvalue weighted by Crippen LogP contribution is 2.20. The average Bonchev–Trinajstić information content (AvgIpc) is 3.46. The van der Waals surface area contributed by atoms with Gasteiger partial charge in [-0.1, -0.05) is 12.1 Å². The number of rotatable bonds is 6. The molecule has 0 radical (unpaired) electrons. The van der Waals surface area contributed by atoms with Crippen molar-refractivity contribution in [3.05, 3.63) is 72.4 Å². The lowest BCUT2D eigenvalue weighted by atomic mass is 10.1. The van der Waals surface area contributed by atoms with E-state index in [1.807, 2.05) is 21.8 Å². The lowest BCUT2D eigenvalue weighted by Gasteiger charge is -2.20. The van der Waals surface area contributed by atoms with Crippen molar-refractivity contribution in [2.75, 3.05) is 31.6 Å². The van der Waals surface area contributed by atoms with Gasteiger partial charge in [-0.3, -0.25) is 4.99 Å². The number of pyridine rings is 1. The maximum Gasteiger partial charge on any atom is 0.191 e. The van der Waals surface area contributed by atoms with Gasteiger partial charge in [-0.05, 0) is 48.7 Å². The molecule has 4 rings (SSSR count). The minimum Gasteiger partial charge on any atom is -0.356 e. The number of aromatic nitrogens is 3. The Morgan fingerprint density at radius 1 is 1.19 bits per heavy atom. The normalized spacial score (nSPS) is 16.1. The predicted molar refractivity (Wildman–Crippen MR) is 132 cm³/mol. The van der Waals surface area contributed by atoms with Gasteiger partial charge in [0.15, 0.2) is 17.6 Å². The molecule has 1 aromatic carbocycles. The molecule has 2 N–H and O–H groups in total. The van der Waals surface area contributed by atoms with Crippen LogP contribution in [0.4, 0.5) is 10.2 Å². The molecule has 0 spiro atoms. The van der Waals surface area contributed by atoms with Gasteiger partial charge < -0.3 is 15.5 Å². The topological polar surface area (TPSA) is 70.4 Å². The number of benzene rings is 1. The summed E-state index contributed by atoms with van der Waals surface area (Å²) >= 11 is 0. The van der Waals surface area contributed by atoms with Crippen molar-refractivity contribution < 1.29 is 4.39 Å². The van der Waals surface area contributed by atoms with E-state index in [2.05, 4.69) is 50.0 Å². The summed E-state index contributed by atoms with van der Waals surface area (Å²) in [5.41, 5.74) is 2.29. The molecule has 1 atom stereocenters. The standard InChI is InChI=1S/C22H26FN7.HI/c1-24-22(28-18-10-15-29(16-18)21-20(23)4-2-11-25-21)26-13-9-17-5-7-19(8-6-17)30-14-3-12-27-30;/h2-8,11-12,14,18H,9-10,13,15-16H2,1H3,(H2,24,26,28);1H. The Labute approximate surface area is 198 Å². The highest BCUT2D eigenvalue weighted by Gasteiger charge is 2.25. The SMILES string of the molecule is CN=C(NCCc1ccc(-n2cccn2)cc1)NC1CCN(c2ncccc2F)C1.I. The first-order chi connectivity index (χ1) is 14.7. The summed E-state index contributed by atoms with van der Waals surface area (Å²) in [5.74, 6) is 0.902. The van der Waals surface area contributed by atoms with E-state index in [4.69, 9.17) is 0 Å². The van der Waals surface area contributed by atoms with E-state index < -0.39 is 0 Å². The summed E-state index contributed by atoms with van der Waals surface area (Å²) in [7, 11) is 1.76. The zero-order chi connectivity index (χ0) is 20.8. The van der Waals surface area contributed by atoms with Crippen molar-refractivity contribution >= 4 is 35.8 Å². The van der Waals surface area contributed by atoms with E-state index in [-0.39, 0.29) is 35.8 Å². The van der Waals surface area contributed by atoms with Crippen LogP contribution in [0.3, 0.4) is 0 Å². The molecule has 1 fully saturated rings. The third-order valence-corrected chi connectivity index (χ3v) is 5.20. The van der Waals surface area contributed by atoms with Crippen molar-refractivity contribution in [1.29, 1.82) is 0 Å². The number of anilines is 1. The number of nitrogens with one attached hydrogen (secondary N) is 2. The van der Waals surface area contributed by atoms with Crippen molar-refractivity contribution in [3.8, 4) is 5.69 Å². The van der Waals surface area contributed by atoms with Gasteiger partial charge in [0, 0.05) is 51.3 Å². The lowest BCUT2D eigenvalue weighted by molar-refractivity contribution is 0.612. The van der Waals surface area contributed by atoms with E-state index >= 15 is 0 Å². The first-order valence-electron chi connectivity index (χ1n) is 10.1. The number of aliphatic imine (C=N–C) groups is 1. The second-order valence-corrected chi connectivity index (χ2v) is 7.25. The Hall–Kier alpha value is -2.69. The first-order valence-corrected chi connectivity index (χ1v) is 10.1. The fraction of sp³-hybridized carbons (Fsp3) is 0.318. The highest BCUT2D eigenvalue weighted by molar-refractivity contribution is 14.0. The zero-order valence-corrected chi connectivity index (χ0v) is 19.7. The zero-order valence-electron chi connectivity index (χ0n) is 17.4. The van der Waals surface area contributed by atoms with Crippen LogP contribution in [0.25, 0.3) is 5.69 Å². The fourth-order valence-corrected chi connectivity index (χ4v) is 3.63. The molecule has 1 aliphatic heterocycles. The maximum absolute atomic E-state index is 14.0. The van der Waals surface area contributed by atoms with Crippen LogP contribution >= 0.6 is 24.0 Å². The van der Waals surface area contributed by atoms with Gasteiger partial charge in [-0.25, -0.2) is 14.1 Å². The molecule has 3 heterocycles. The van der Waals surface area contributed by atoms with Crippen LogP contribution in [-0.2, 0) is 6.42 Å². The number of hydrogen-bond acceptors (Lipinski definition) is 4. The van der Waals surface area contributed by atoms with E-state index in [0.29, 0.717) is 12.4 Å². The fourth-order valence-electron chi connectivity index (χ4n) is 3.63. The molecule has 0 bridgehead atoms. The van der Waals surface area contributed by atoms with Gasteiger partial charge in [0.1, 0.15) is 0 Å². The molecule has 0 saturated carbocycles. The highest BCUT2D eigenvalue weighted by atomic mass is 127. The van der Waals surface area contributed by atoms with E-state index in [1.165, 1.54) is 11.6 Å². The lowest BCUT2D eigenvalue weighted by Crippen LogP contribution is -2.45. The Morgan fingerprint density at radius 3 is 2.74 bits per heavy atom. The molecule has 2 aromatic heterocycles. The van der Waals surface area contributed by atoms with Crippen LogP contribution < -0.4 is 15.5 Å². The summed E-state index contributed by atoms with van der Waals surface area (Å²) in [6, 6.07) is 13.5. The number of nitrogens with zero attached hydrogens (tertiary/aromatic N) is 5. The maximum atomic E-state index is 14.0. The Balaban J connectivity index is 0.00000272. The molecule has 1 aliphatic rings. The summed E-state index contributed by atoms with van der Waals surface area (Å²) in [5, 5.41) is 11.0. The van der Waals surface area contributed by atoms with Crippen molar-refractivity contribution in [1.82, 2.24) is 25.4 Å². The molecular weight excluding hydrogens is 508 g/mol. The summed E-state index contributed by atoms with van der Waals surface area (Å²) in [4.78, 5) is 10.5. The predicted octanol–water partition coefficient (Wildman–Crippen LogP) is 3.01. The minimum atomic E-state index is -0.278. The Kier molecular flexibility index (Phi) is 8.21. The Bertz CT molecular complexity index is 976. The molecular formula is C22H27FIN7. The van der Waals surface area contributed by atoms with Gasteiger partial charge in [0.2, 0.25) is 0 Å². The summed E-state index contributed by atoms with van der Waals surface area (Å²) < 4.78 is 15.8. The van der Waals surface area contributed by atoms with Crippen LogP contribution in [0.2, 0.25) is 0 Å². The second-order valence-electron chi connectivity index (χ2n) is 7.25. The summed E-state index contributed by atoms with van der Waals surface area (Å²) in [6.07, 6.45) is 7.12. The number of hydrogen-bond donors (Lipinski definition) is 2. The average molecular weight is 535 g/mol. The van der Waals surface area contributed by atoms with Crippen LogP contribution in [0.1, 0.15) is 12.0 Å². The van der Waals surface area contributed by atoms with Crippen molar-refractivity contribution in [2.24, 2.45) is 4.99 Å². The molecule has 1 saturated heterocycles. The summed E-state index contributed by atoms with van der Waals surface area (Å²) in [6.45, 7) is 2.24. The van der Waals surface area contributed by atoms with E-state index in [1.54, 1.807) is 25.5 Å². The monoisotopic (exact) mass is 535 g/mol. The number of halogens is 2. The van der Waals surface area contributed by atoms with Crippen LogP contribution in [0.5, 0.6) is 0 Å². The second kappa shape index (κ2) is 11.1. The molecule has 9 heteroatoms. The van der Waals surface area contributed by atoms with Gasteiger partial charge in [-0.15, -0.1) is 24.0 Å². The third kappa shape index (κ3) is 5.93. The van der Waals surface area contributed by atoms with Gasteiger partial charge in [0.25, 0.3) is 0 Å². The van der Waals surface area contributed by atoms with E-state index in [9.17, 15) is 4.39 Å². The quantitative estimate of drug-likeness (QED) is 0.289. The third-order valence-electron chi connectivity index (χ3n) is 5.20. The molecule has 7 nitrogen and oxygen atoms in total. The molecule has 164 valence electrons. The Morgan fingerprint density at radius 2 is 2.03 bits per heavy atom.